The van der Waals surface area contributed by atoms with Crippen molar-refractivity contribution in [1.29, 1.82) is 0 Å². The van der Waals surface area contributed by atoms with E-state index in [1.807, 2.05) is 37.3 Å². The highest BCUT2D eigenvalue weighted by Gasteiger charge is 2.14. The molecule has 0 aliphatic heterocycles. The van der Waals surface area contributed by atoms with Crippen LogP contribution in [0.4, 0.5) is 14.5 Å². The van der Waals surface area contributed by atoms with E-state index in [0.29, 0.717) is 11.6 Å². The maximum Gasteiger partial charge on any atom is 0.235 e. The molecule has 7 heteroatoms. The topological polar surface area (TPSA) is 57.8 Å². The first-order valence-corrected chi connectivity index (χ1v) is 8.97. The SMILES string of the molecule is Cc1[nH]c(SCC(=O)Nc2c(F)cccc2F)nc1Cc1ccccc1. The first-order chi connectivity index (χ1) is 12.5. The Bertz CT molecular complexity index is 892. The van der Waals surface area contributed by atoms with Crippen molar-refractivity contribution in [3.63, 3.8) is 0 Å². The van der Waals surface area contributed by atoms with E-state index in [9.17, 15) is 13.6 Å². The molecule has 0 saturated heterocycles. The molecule has 26 heavy (non-hydrogen) atoms. The molecule has 3 aromatic rings. The van der Waals surface area contributed by atoms with Crippen molar-refractivity contribution in [2.45, 2.75) is 18.5 Å². The van der Waals surface area contributed by atoms with Crippen molar-refractivity contribution >= 4 is 23.4 Å². The quantitative estimate of drug-likeness (QED) is 0.633. The maximum atomic E-state index is 13.6. The second kappa shape index (κ2) is 8.14. The molecule has 0 saturated carbocycles. The standard InChI is InChI=1S/C19H17F2N3OS/c1-12-16(10-13-6-3-2-4-7-13)23-19(22-12)26-11-17(25)24-18-14(20)8-5-9-15(18)21/h2-9H,10-11H2,1H3,(H,22,23)(H,24,25). The third-order valence-electron chi connectivity index (χ3n) is 3.75. The predicted octanol–water partition coefficient (Wildman–Crippen LogP) is 4.32. The van der Waals surface area contributed by atoms with Crippen LogP contribution in [0.2, 0.25) is 0 Å². The van der Waals surface area contributed by atoms with Crippen LogP contribution in [-0.2, 0) is 11.2 Å². The van der Waals surface area contributed by atoms with E-state index in [-0.39, 0.29) is 5.75 Å². The lowest BCUT2D eigenvalue weighted by atomic mass is 10.1. The summed E-state index contributed by atoms with van der Waals surface area (Å²) in [6.07, 6.45) is 0.691. The Morgan fingerprint density at radius 3 is 2.50 bits per heavy atom. The minimum absolute atomic E-state index is 0.00843. The maximum absolute atomic E-state index is 13.6. The molecule has 2 aromatic carbocycles. The lowest BCUT2D eigenvalue weighted by Crippen LogP contribution is -2.16. The van der Waals surface area contributed by atoms with Crippen LogP contribution in [0, 0.1) is 18.6 Å². The number of carbonyl (C=O) groups excluding carboxylic acids is 1. The van der Waals surface area contributed by atoms with E-state index >= 15 is 0 Å². The van der Waals surface area contributed by atoms with Gasteiger partial charge >= 0.3 is 0 Å². The van der Waals surface area contributed by atoms with E-state index < -0.39 is 23.2 Å². The number of imidazole rings is 1. The van der Waals surface area contributed by atoms with Crippen molar-refractivity contribution < 1.29 is 13.6 Å². The fourth-order valence-corrected chi connectivity index (χ4v) is 3.16. The Kier molecular flexibility index (Phi) is 5.68. The van der Waals surface area contributed by atoms with Gasteiger partial charge in [-0.2, -0.15) is 0 Å². The molecule has 0 radical (unpaired) electrons. The number of para-hydroxylation sites is 1. The van der Waals surface area contributed by atoms with E-state index in [4.69, 9.17) is 0 Å². The molecule has 1 aromatic heterocycles. The molecule has 0 fully saturated rings. The molecule has 4 nitrogen and oxygen atoms in total. The zero-order valence-corrected chi connectivity index (χ0v) is 14.9. The van der Waals surface area contributed by atoms with Crippen LogP contribution in [0.3, 0.4) is 0 Å². The Balaban J connectivity index is 1.60. The second-order valence-electron chi connectivity index (χ2n) is 5.71. The number of hydrogen-bond acceptors (Lipinski definition) is 3. The minimum atomic E-state index is -0.803. The number of halogens is 2. The molecule has 0 spiro atoms. The predicted molar refractivity (Wildman–Crippen MR) is 98.3 cm³/mol. The van der Waals surface area contributed by atoms with Crippen LogP contribution in [0.25, 0.3) is 0 Å². The van der Waals surface area contributed by atoms with Crippen molar-refractivity contribution in [1.82, 2.24) is 9.97 Å². The third-order valence-corrected chi connectivity index (χ3v) is 4.62. The molecule has 0 atom stereocenters. The molecule has 0 bridgehead atoms. The van der Waals surface area contributed by atoms with Crippen LogP contribution in [-0.4, -0.2) is 21.6 Å². The van der Waals surface area contributed by atoms with Crippen LogP contribution in [0.15, 0.2) is 53.7 Å². The highest BCUT2D eigenvalue weighted by molar-refractivity contribution is 7.99. The van der Waals surface area contributed by atoms with Gasteiger partial charge in [-0.15, -0.1) is 0 Å². The zero-order chi connectivity index (χ0) is 18.5. The van der Waals surface area contributed by atoms with Gasteiger partial charge in [0.05, 0.1) is 11.4 Å². The highest BCUT2D eigenvalue weighted by Crippen LogP contribution is 2.21. The van der Waals surface area contributed by atoms with Gasteiger partial charge in [0, 0.05) is 12.1 Å². The molecule has 3 rings (SSSR count). The van der Waals surface area contributed by atoms with Crippen LogP contribution in [0.1, 0.15) is 17.0 Å². The van der Waals surface area contributed by atoms with E-state index in [2.05, 4.69) is 15.3 Å². The number of carbonyl (C=O) groups is 1. The zero-order valence-electron chi connectivity index (χ0n) is 14.1. The van der Waals surface area contributed by atoms with Gasteiger partial charge in [0.15, 0.2) is 5.16 Å². The molecular formula is C19H17F2N3OS. The van der Waals surface area contributed by atoms with Crippen molar-refractivity contribution in [3.8, 4) is 0 Å². The van der Waals surface area contributed by atoms with Crippen LogP contribution >= 0.6 is 11.8 Å². The summed E-state index contributed by atoms with van der Waals surface area (Å²) in [5.74, 6) is -2.12. The highest BCUT2D eigenvalue weighted by atomic mass is 32.2. The van der Waals surface area contributed by atoms with Gasteiger partial charge in [0.2, 0.25) is 5.91 Å². The second-order valence-corrected chi connectivity index (χ2v) is 6.67. The fraction of sp³-hybridized carbons (Fsp3) is 0.158. The summed E-state index contributed by atoms with van der Waals surface area (Å²) in [7, 11) is 0. The average Bonchev–Trinajstić information content (AvgIpc) is 2.97. The van der Waals surface area contributed by atoms with E-state index in [1.54, 1.807) is 0 Å². The summed E-state index contributed by atoms with van der Waals surface area (Å²) in [5, 5.41) is 2.85. The number of thioether (sulfide) groups is 1. The molecule has 1 heterocycles. The Morgan fingerprint density at radius 1 is 1.12 bits per heavy atom. The Labute approximate surface area is 154 Å². The number of anilines is 1. The van der Waals surface area contributed by atoms with Gasteiger partial charge in [-0.05, 0) is 24.6 Å². The smallest absolute Gasteiger partial charge is 0.235 e. The van der Waals surface area contributed by atoms with Gasteiger partial charge in [-0.25, -0.2) is 13.8 Å². The molecule has 134 valence electrons. The normalized spacial score (nSPS) is 10.7. The first kappa shape index (κ1) is 18.1. The summed E-state index contributed by atoms with van der Waals surface area (Å²) < 4.78 is 27.1. The van der Waals surface area contributed by atoms with E-state index in [1.165, 1.54) is 17.8 Å². The number of H-pyrrole nitrogens is 1. The number of hydrogen-bond donors (Lipinski definition) is 2. The monoisotopic (exact) mass is 373 g/mol. The fourth-order valence-electron chi connectivity index (χ4n) is 2.42. The lowest BCUT2D eigenvalue weighted by Gasteiger charge is -2.06. The Morgan fingerprint density at radius 2 is 1.81 bits per heavy atom. The number of nitrogens with zero attached hydrogens (tertiary/aromatic N) is 1. The summed E-state index contributed by atoms with van der Waals surface area (Å²) in [5.41, 5.74) is 2.54. The van der Waals surface area contributed by atoms with Crippen LogP contribution < -0.4 is 5.32 Å². The van der Waals surface area contributed by atoms with Crippen LogP contribution in [0.5, 0.6) is 0 Å². The Hall–Kier alpha value is -2.67. The number of aromatic amines is 1. The van der Waals surface area contributed by atoms with Crippen molar-refractivity contribution in [2.24, 2.45) is 0 Å². The number of nitrogens with one attached hydrogen (secondary N) is 2. The molecular weight excluding hydrogens is 356 g/mol. The van der Waals surface area contributed by atoms with Crippen molar-refractivity contribution in [2.75, 3.05) is 11.1 Å². The van der Waals surface area contributed by atoms with Crippen molar-refractivity contribution in [3.05, 3.63) is 77.1 Å². The van der Waals surface area contributed by atoms with Gasteiger partial charge in [0.1, 0.15) is 17.3 Å². The first-order valence-electron chi connectivity index (χ1n) is 7.99. The number of aryl methyl sites for hydroxylation is 1. The average molecular weight is 373 g/mol. The summed E-state index contributed by atoms with van der Waals surface area (Å²) in [4.78, 5) is 19.6. The van der Waals surface area contributed by atoms with Gasteiger partial charge in [-0.1, -0.05) is 48.2 Å². The molecule has 1 amide bonds. The summed E-state index contributed by atoms with van der Waals surface area (Å²) in [6.45, 7) is 1.92. The van der Waals surface area contributed by atoms with E-state index in [0.717, 1.165) is 29.1 Å². The molecule has 0 aliphatic rings. The van der Waals surface area contributed by atoms with Gasteiger partial charge in [-0.3, -0.25) is 4.79 Å². The number of amides is 1. The number of rotatable bonds is 6. The summed E-state index contributed by atoms with van der Waals surface area (Å²) >= 11 is 1.18. The minimum Gasteiger partial charge on any atom is -0.337 e. The number of benzene rings is 2. The number of aromatic nitrogens is 2. The third kappa shape index (κ3) is 4.49. The molecule has 2 N–H and O–H groups in total. The van der Waals surface area contributed by atoms with Gasteiger partial charge in [0.25, 0.3) is 0 Å². The summed E-state index contributed by atoms with van der Waals surface area (Å²) in [6, 6.07) is 13.4. The lowest BCUT2D eigenvalue weighted by molar-refractivity contribution is -0.113. The van der Waals surface area contributed by atoms with Gasteiger partial charge < -0.3 is 10.3 Å². The molecule has 0 aliphatic carbocycles. The largest absolute Gasteiger partial charge is 0.337 e. The molecule has 0 unspecified atom stereocenters.